The van der Waals surface area contributed by atoms with Gasteiger partial charge in [0, 0.05) is 5.02 Å². The summed E-state index contributed by atoms with van der Waals surface area (Å²) in [4.78, 5) is 0. The Bertz CT molecular complexity index is 547. The highest BCUT2D eigenvalue weighted by Gasteiger charge is 2.18. The molecule has 0 aliphatic heterocycles. The number of nitrogens with two attached hydrogens (primary N) is 1. The molecule has 0 saturated carbocycles. The lowest BCUT2D eigenvalue weighted by Crippen LogP contribution is -2.29. The van der Waals surface area contributed by atoms with Crippen molar-refractivity contribution in [3.63, 3.8) is 0 Å². The van der Waals surface area contributed by atoms with Crippen LogP contribution in [0.2, 0.25) is 5.02 Å². The van der Waals surface area contributed by atoms with Crippen LogP contribution < -0.4 is 11.3 Å². The van der Waals surface area contributed by atoms with Crippen molar-refractivity contribution in [1.82, 2.24) is 5.43 Å². The first-order chi connectivity index (χ1) is 8.61. The minimum Gasteiger partial charge on any atom is -0.466 e. The van der Waals surface area contributed by atoms with E-state index in [2.05, 4.69) is 21.4 Å². The van der Waals surface area contributed by atoms with Gasteiger partial charge in [0.25, 0.3) is 0 Å². The molecule has 3 N–H and O–H groups in total. The standard InChI is InChI=1S/C12H11BrClFN2O/c13-9-3-4-18-12(9)11(17-16)5-7-1-2-8(15)6-10(7)14/h1-4,6,11,17H,5,16H2. The fraction of sp³-hybridized carbons (Fsp3) is 0.167. The van der Waals surface area contributed by atoms with Crippen molar-refractivity contribution in [2.24, 2.45) is 5.84 Å². The zero-order valence-corrected chi connectivity index (χ0v) is 11.6. The van der Waals surface area contributed by atoms with Crippen molar-refractivity contribution in [3.8, 4) is 0 Å². The number of hydrogen-bond donors (Lipinski definition) is 2. The summed E-state index contributed by atoms with van der Waals surface area (Å²) in [6, 6.07) is 5.83. The maximum atomic E-state index is 13.0. The molecule has 96 valence electrons. The average Bonchev–Trinajstić information content (AvgIpc) is 2.75. The number of hydrazine groups is 1. The highest BCUT2D eigenvalue weighted by Crippen LogP contribution is 2.29. The van der Waals surface area contributed by atoms with Crippen molar-refractivity contribution in [2.75, 3.05) is 0 Å². The molecule has 1 aromatic heterocycles. The molecule has 6 heteroatoms. The maximum Gasteiger partial charge on any atom is 0.136 e. The Morgan fingerprint density at radius 2 is 2.22 bits per heavy atom. The van der Waals surface area contributed by atoms with E-state index in [1.165, 1.54) is 12.1 Å². The highest BCUT2D eigenvalue weighted by molar-refractivity contribution is 9.10. The minimum atomic E-state index is -0.361. The lowest BCUT2D eigenvalue weighted by atomic mass is 10.0. The van der Waals surface area contributed by atoms with Gasteiger partial charge < -0.3 is 4.42 Å². The third-order valence-corrected chi connectivity index (χ3v) is 3.61. The van der Waals surface area contributed by atoms with E-state index in [1.54, 1.807) is 18.4 Å². The molecule has 1 unspecified atom stereocenters. The van der Waals surface area contributed by atoms with Crippen LogP contribution >= 0.6 is 27.5 Å². The van der Waals surface area contributed by atoms with Gasteiger partial charge >= 0.3 is 0 Å². The van der Waals surface area contributed by atoms with E-state index in [9.17, 15) is 4.39 Å². The van der Waals surface area contributed by atoms with Crippen LogP contribution in [0.4, 0.5) is 4.39 Å². The maximum absolute atomic E-state index is 13.0. The normalized spacial score (nSPS) is 12.7. The van der Waals surface area contributed by atoms with Crippen LogP contribution in [0.25, 0.3) is 0 Å². The van der Waals surface area contributed by atoms with Gasteiger partial charge in [-0.1, -0.05) is 17.7 Å². The molecule has 1 heterocycles. The van der Waals surface area contributed by atoms with E-state index in [0.717, 1.165) is 10.0 Å². The van der Waals surface area contributed by atoms with E-state index in [0.29, 0.717) is 17.2 Å². The van der Waals surface area contributed by atoms with Gasteiger partial charge in [-0.15, -0.1) is 0 Å². The van der Waals surface area contributed by atoms with Crippen molar-refractivity contribution in [3.05, 3.63) is 57.2 Å². The number of hydrogen-bond acceptors (Lipinski definition) is 3. The lowest BCUT2D eigenvalue weighted by Gasteiger charge is -2.15. The molecule has 0 amide bonds. The number of furan rings is 1. The first-order valence-corrected chi connectivity index (χ1v) is 6.42. The van der Waals surface area contributed by atoms with E-state index in [-0.39, 0.29) is 11.9 Å². The topological polar surface area (TPSA) is 51.2 Å². The lowest BCUT2D eigenvalue weighted by molar-refractivity contribution is 0.413. The summed E-state index contributed by atoms with van der Waals surface area (Å²) in [7, 11) is 0. The van der Waals surface area contributed by atoms with Crippen LogP contribution in [-0.4, -0.2) is 0 Å². The van der Waals surface area contributed by atoms with Crippen LogP contribution in [0.15, 0.2) is 39.4 Å². The summed E-state index contributed by atoms with van der Waals surface area (Å²) in [5.41, 5.74) is 3.46. The number of rotatable bonds is 4. The quantitative estimate of drug-likeness (QED) is 0.664. The first-order valence-electron chi connectivity index (χ1n) is 5.24. The Hall–Kier alpha value is -0.880. The molecule has 0 radical (unpaired) electrons. The van der Waals surface area contributed by atoms with Gasteiger partial charge in [0.2, 0.25) is 0 Å². The van der Waals surface area contributed by atoms with Gasteiger partial charge in [-0.2, -0.15) is 0 Å². The second-order valence-electron chi connectivity index (χ2n) is 3.79. The highest BCUT2D eigenvalue weighted by atomic mass is 79.9. The molecule has 0 aliphatic rings. The number of benzene rings is 1. The smallest absolute Gasteiger partial charge is 0.136 e. The molecule has 0 spiro atoms. The third kappa shape index (κ3) is 2.92. The van der Waals surface area contributed by atoms with Gasteiger partial charge in [0.1, 0.15) is 11.6 Å². The summed E-state index contributed by atoms with van der Waals surface area (Å²) in [5.74, 6) is 5.83. The van der Waals surface area contributed by atoms with Gasteiger partial charge in [-0.3, -0.25) is 5.84 Å². The zero-order valence-electron chi connectivity index (χ0n) is 9.29. The first kappa shape index (κ1) is 13.5. The van der Waals surface area contributed by atoms with Crippen molar-refractivity contribution in [2.45, 2.75) is 12.5 Å². The van der Waals surface area contributed by atoms with Gasteiger partial charge in [-0.05, 0) is 46.1 Å². The summed E-state index contributed by atoms with van der Waals surface area (Å²) >= 11 is 9.35. The second kappa shape index (κ2) is 5.84. The molecule has 0 fully saturated rings. The molecule has 0 saturated heterocycles. The fourth-order valence-electron chi connectivity index (χ4n) is 1.69. The van der Waals surface area contributed by atoms with E-state index in [4.69, 9.17) is 21.9 Å². The molecule has 1 aromatic carbocycles. The Morgan fingerprint density at radius 1 is 1.44 bits per heavy atom. The molecular weight excluding hydrogens is 322 g/mol. The van der Waals surface area contributed by atoms with Crippen molar-refractivity contribution >= 4 is 27.5 Å². The van der Waals surface area contributed by atoms with E-state index < -0.39 is 0 Å². The van der Waals surface area contributed by atoms with Crippen molar-refractivity contribution in [1.29, 1.82) is 0 Å². The Kier molecular flexibility index (Phi) is 4.40. The molecule has 1 atom stereocenters. The molecule has 0 aliphatic carbocycles. The zero-order chi connectivity index (χ0) is 13.1. The van der Waals surface area contributed by atoms with Crippen LogP contribution in [0.1, 0.15) is 17.4 Å². The SMILES string of the molecule is NNC(Cc1ccc(F)cc1Cl)c1occc1Br. The molecular formula is C12H11BrClFN2O. The summed E-state index contributed by atoms with van der Waals surface area (Å²) < 4.78 is 19.1. The monoisotopic (exact) mass is 332 g/mol. The molecule has 2 aromatic rings. The minimum absolute atomic E-state index is 0.239. The second-order valence-corrected chi connectivity index (χ2v) is 5.05. The largest absolute Gasteiger partial charge is 0.466 e. The van der Waals surface area contributed by atoms with Crippen LogP contribution in [0.3, 0.4) is 0 Å². The van der Waals surface area contributed by atoms with Gasteiger partial charge in [0.05, 0.1) is 16.8 Å². The van der Waals surface area contributed by atoms with Crippen LogP contribution in [-0.2, 0) is 6.42 Å². The Labute approximate surface area is 117 Å². The molecule has 0 bridgehead atoms. The predicted octanol–water partition coefficient (Wildman–Crippen LogP) is 3.58. The van der Waals surface area contributed by atoms with Gasteiger partial charge in [0.15, 0.2) is 0 Å². The average molecular weight is 334 g/mol. The fourth-order valence-corrected chi connectivity index (χ4v) is 2.41. The van der Waals surface area contributed by atoms with E-state index in [1.807, 2.05) is 0 Å². The summed E-state index contributed by atoms with van der Waals surface area (Å²) in [6.45, 7) is 0. The summed E-state index contributed by atoms with van der Waals surface area (Å²) in [5, 5.41) is 0.373. The van der Waals surface area contributed by atoms with E-state index >= 15 is 0 Å². The Morgan fingerprint density at radius 3 is 2.78 bits per heavy atom. The van der Waals surface area contributed by atoms with Crippen molar-refractivity contribution < 1.29 is 8.81 Å². The van der Waals surface area contributed by atoms with Gasteiger partial charge in [-0.25, -0.2) is 9.82 Å². The molecule has 2 rings (SSSR count). The molecule has 3 nitrogen and oxygen atoms in total. The third-order valence-electron chi connectivity index (χ3n) is 2.60. The number of nitrogens with one attached hydrogen (secondary N) is 1. The summed E-state index contributed by atoms with van der Waals surface area (Å²) in [6.07, 6.45) is 2.07. The number of halogens is 3. The Balaban J connectivity index is 2.23. The molecule has 18 heavy (non-hydrogen) atoms. The van der Waals surface area contributed by atoms with Crippen LogP contribution in [0.5, 0.6) is 0 Å². The predicted molar refractivity (Wildman–Crippen MR) is 71.6 cm³/mol. The van der Waals surface area contributed by atoms with Crippen LogP contribution in [0, 0.1) is 5.82 Å².